The fourth-order valence-electron chi connectivity index (χ4n) is 3.15. The molecule has 3 rings (SSSR count). The van der Waals surface area contributed by atoms with E-state index in [-0.39, 0.29) is 24.0 Å². The molecule has 0 spiro atoms. The van der Waals surface area contributed by atoms with E-state index < -0.39 is 0 Å². The van der Waals surface area contributed by atoms with Crippen molar-refractivity contribution in [2.24, 2.45) is 5.92 Å². The molecule has 0 saturated carbocycles. The first-order valence-corrected chi connectivity index (χ1v) is 7.63. The number of carbonyl (C=O) groups is 1. The van der Waals surface area contributed by atoms with Gasteiger partial charge in [0.25, 0.3) is 0 Å². The molecule has 1 aromatic carbocycles. The Morgan fingerprint density at radius 3 is 2.90 bits per heavy atom. The van der Waals surface area contributed by atoms with Gasteiger partial charge in [-0.05, 0) is 31.5 Å². The number of likely N-dealkylation sites (N-methyl/N-ethyl adjacent to an activating group) is 1. The van der Waals surface area contributed by atoms with Gasteiger partial charge < -0.3 is 20.6 Å². The lowest BCUT2D eigenvalue weighted by atomic mass is 9.96. The summed E-state index contributed by atoms with van der Waals surface area (Å²) >= 11 is 6.42. The normalized spacial score (nSPS) is 28.5. The number of rotatable bonds is 2. The maximum atomic E-state index is 11.9. The second kappa shape index (κ2) is 5.48. The lowest BCUT2D eigenvalue weighted by Crippen LogP contribution is -2.42. The molecule has 5 nitrogen and oxygen atoms in total. The fraction of sp³-hybridized carbons (Fsp3) is 0.533. The van der Waals surface area contributed by atoms with Crippen LogP contribution in [0.4, 0.5) is 11.4 Å². The van der Waals surface area contributed by atoms with Crippen LogP contribution >= 0.6 is 11.6 Å². The second-order valence-corrected chi connectivity index (χ2v) is 6.29. The van der Waals surface area contributed by atoms with E-state index in [0.29, 0.717) is 5.02 Å². The van der Waals surface area contributed by atoms with Gasteiger partial charge in [-0.2, -0.15) is 0 Å². The Morgan fingerprint density at radius 2 is 2.24 bits per heavy atom. The zero-order chi connectivity index (χ0) is 15.1. The van der Waals surface area contributed by atoms with Crippen LogP contribution in [0.15, 0.2) is 12.1 Å². The van der Waals surface area contributed by atoms with E-state index in [2.05, 4.69) is 15.5 Å². The van der Waals surface area contributed by atoms with Crippen LogP contribution in [-0.2, 0) is 4.79 Å². The summed E-state index contributed by atoms with van der Waals surface area (Å²) in [7, 11) is 1.76. The van der Waals surface area contributed by atoms with Gasteiger partial charge in [-0.25, -0.2) is 0 Å². The van der Waals surface area contributed by atoms with Crippen molar-refractivity contribution in [3.05, 3.63) is 22.7 Å². The van der Waals surface area contributed by atoms with Gasteiger partial charge in [0.2, 0.25) is 5.91 Å². The minimum atomic E-state index is -0.339. The van der Waals surface area contributed by atoms with E-state index in [4.69, 9.17) is 11.6 Å². The zero-order valence-corrected chi connectivity index (χ0v) is 12.9. The molecule has 6 heteroatoms. The molecule has 2 heterocycles. The van der Waals surface area contributed by atoms with Crippen molar-refractivity contribution < 1.29 is 9.90 Å². The number of hydrogen-bond acceptors (Lipinski definition) is 4. The van der Waals surface area contributed by atoms with Gasteiger partial charge >= 0.3 is 0 Å². The fourth-order valence-corrected chi connectivity index (χ4v) is 3.44. The average Bonchev–Trinajstić information content (AvgIpc) is 2.75. The van der Waals surface area contributed by atoms with Crippen LogP contribution in [0, 0.1) is 5.92 Å². The van der Waals surface area contributed by atoms with Gasteiger partial charge in [-0.1, -0.05) is 18.5 Å². The predicted molar refractivity (Wildman–Crippen MR) is 83.9 cm³/mol. The Morgan fingerprint density at radius 1 is 1.48 bits per heavy atom. The number of aliphatic hydroxyl groups excluding tert-OH is 1. The molecule has 3 N–H and O–H groups in total. The lowest BCUT2D eigenvalue weighted by Gasteiger charge is -2.36. The third-order valence-electron chi connectivity index (χ3n) is 4.44. The third-order valence-corrected chi connectivity index (χ3v) is 4.74. The number of hydrogen-bond donors (Lipinski definition) is 3. The SMILES string of the molecule is CNC1C(=O)Nc2cc(N3CCC(O)C(C)C3)c(Cl)cc21. The van der Waals surface area contributed by atoms with E-state index in [1.165, 1.54) is 0 Å². The van der Waals surface area contributed by atoms with Crippen LogP contribution in [0.25, 0.3) is 0 Å². The average molecular weight is 310 g/mol. The second-order valence-electron chi connectivity index (χ2n) is 5.88. The highest BCUT2D eigenvalue weighted by Gasteiger charge is 2.32. The third kappa shape index (κ3) is 2.50. The van der Waals surface area contributed by atoms with Crippen molar-refractivity contribution in [2.45, 2.75) is 25.5 Å². The topological polar surface area (TPSA) is 64.6 Å². The number of aliphatic hydroxyl groups is 1. The standard InChI is InChI=1S/C15H20ClN3O2/c1-8-7-19(4-3-13(8)20)12-6-11-9(5-10(12)16)14(17-2)15(21)18-11/h5-6,8,13-14,17,20H,3-4,7H2,1-2H3,(H,18,21). The lowest BCUT2D eigenvalue weighted by molar-refractivity contribution is -0.117. The molecule has 3 atom stereocenters. The first kappa shape index (κ1) is 14.6. The van der Waals surface area contributed by atoms with Gasteiger partial charge in [0.05, 0.1) is 16.8 Å². The van der Waals surface area contributed by atoms with Crippen molar-refractivity contribution in [1.29, 1.82) is 0 Å². The smallest absolute Gasteiger partial charge is 0.246 e. The Balaban J connectivity index is 1.92. The molecule has 1 aromatic rings. The van der Waals surface area contributed by atoms with Gasteiger partial charge in [-0.15, -0.1) is 0 Å². The van der Waals surface area contributed by atoms with E-state index in [0.717, 1.165) is 36.4 Å². The Hall–Kier alpha value is -1.30. The minimum Gasteiger partial charge on any atom is -0.393 e. The highest BCUT2D eigenvalue weighted by molar-refractivity contribution is 6.33. The summed E-state index contributed by atoms with van der Waals surface area (Å²) in [4.78, 5) is 14.1. The summed E-state index contributed by atoms with van der Waals surface area (Å²) in [5, 5.41) is 16.4. The molecule has 3 unspecified atom stereocenters. The molecule has 0 aliphatic carbocycles. The summed E-state index contributed by atoms with van der Waals surface area (Å²) in [5.41, 5.74) is 2.63. The van der Waals surface area contributed by atoms with Crippen LogP contribution in [0.5, 0.6) is 0 Å². The number of anilines is 2. The number of amides is 1. The van der Waals surface area contributed by atoms with Crippen molar-refractivity contribution >= 4 is 28.9 Å². The highest BCUT2D eigenvalue weighted by atomic mass is 35.5. The summed E-state index contributed by atoms with van der Waals surface area (Å²) in [6.07, 6.45) is 0.489. The van der Waals surface area contributed by atoms with Gasteiger partial charge in [0.15, 0.2) is 0 Å². The molecule has 21 heavy (non-hydrogen) atoms. The Labute approximate surface area is 129 Å². The van der Waals surface area contributed by atoms with Crippen LogP contribution in [0.1, 0.15) is 24.9 Å². The van der Waals surface area contributed by atoms with Crippen molar-refractivity contribution in [3.8, 4) is 0 Å². The molecule has 2 aliphatic rings. The summed E-state index contributed by atoms with van der Waals surface area (Å²) in [6, 6.07) is 3.46. The molecular formula is C15H20ClN3O2. The largest absolute Gasteiger partial charge is 0.393 e. The summed E-state index contributed by atoms with van der Waals surface area (Å²) in [6.45, 7) is 3.58. The first-order chi connectivity index (χ1) is 10.0. The van der Waals surface area contributed by atoms with Crippen LogP contribution in [-0.4, -0.2) is 37.3 Å². The van der Waals surface area contributed by atoms with E-state index in [1.54, 1.807) is 7.05 Å². The molecular weight excluding hydrogens is 290 g/mol. The molecule has 0 aromatic heterocycles. The number of carbonyl (C=O) groups excluding carboxylic acids is 1. The predicted octanol–water partition coefficient (Wildman–Crippen LogP) is 1.76. The van der Waals surface area contributed by atoms with Gasteiger partial charge in [-0.3, -0.25) is 4.79 Å². The Bertz CT molecular complexity index is 578. The van der Waals surface area contributed by atoms with Crippen molar-refractivity contribution in [3.63, 3.8) is 0 Å². The van der Waals surface area contributed by atoms with Crippen LogP contribution in [0.2, 0.25) is 5.02 Å². The van der Waals surface area contributed by atoms with Crippen LogP contribution in [0.3, 0.4) is 0 Å². The molecule has 0 radical (unpaired) electrons. The number of halogens is 1. The van der Waals surface area contributed by atoms with Gasteiger partial charge in [0, 0.05) is 24.3 Å². The first-order valence-electron chi connectivity index (χ1n) is 7.26. The number of nitrogens with one attached hydrogen (secondary N) is 2. The summed E-state index contributed by atoms with van der Waals surface area (Å²) < 4.78 is 0. The number of nitrogens with zero attached hydrogens (tertiary/aromatic N) is 1. The van der Waals surface area contributed by atoms with Crippen molar-refractivity contribution in [1.82, 2.24) is 5.32 Å². The van der Waals surface area contributed by atoms with Gasteiger partial charge in [0.1, 0.15) is 6.04 Å². The van der Waals surface area contributed by atoms with E-state index >= 15 is 0 Å². The maximum Gasteiger partial charge on any atom is 0.246 e. The number of benzene rings is 1. The zero-order valence-electron chi connectivity index (χ0n) is 12.2. The van der Waals surface area contributed by atoms with E-state index in [1.807, 2.05) is 19.1 Å². The van der Waals surface area contributed by atoms with Crippen LogP contribution < -0.4 is 15.5 Å². The maximum absolute atomic E-state index is 11.9. The molecule has 0 bridgehead atoms. The monoisotopic (exact) mass is 309 g/mol. The summed E-state index contributed by atoms with van der Waals surface area (Å²) in [5.74, 6) is 0.158. The quantitative estimate of drug-likeness (QED) is 0.779. The van der Waals surface area contributed by atoms with E-state index in [9.17, 15) is 9.90 Å². The highest BCUT2D eigenvalue weighted by Crippen LogP contribution is 2.39. The molecule has 114 valence electrons. The molecule has 1 fully saturated rings. The number of fused-ring (bicyclic) bond motifs is 1. The Kier molecular flexibility index (Phi) is 3.82. The molecule has 1 amide bonds. The molecule has 2 aliphatic heterocycles. The van der Waals surface area contributed by atoms with Crippen molar-refractivity contribution in [2.75, 3.05) is 30.4 Å². The minimum absolute atomic E-state index is 0.0526. The number of piperidine rings is 1. The molecule has 1 saturated heterocycles.